The number of amides is 2. The summed E-state index contributed by atoms with van der Waals surface area (Å²) < 4.78 is 10.4. The molecule has 0 radical (unpaired) electrons. The van der Waals surface area contributed by atoms with Crippen LogP contribution in [0.15, 0.2) is 65.7 Å². The van der Waals surface area contributed by atoms with Gasteiger partial charge in [0.25, 0.3) is 5.96 Å². The molecule has 13 heteroatoms. The van der Waals surface area contributed by atoms with Crippen molar-refractivity contribution in [2.75, 3.05) is 6.54 Å². The van der Waals surface area contributed by atoms with Crippen LogP contribution in [0.3, 0.4) is 0 Å². The van der Waals surface area contributed by atoms with Crippen molar-refractivity contribution in [3.63, 3.8) is 0 Å². The molecule has 0 aliphatic heterocycles. The summed E-state index contributed by atoms with van der Waals surface area (Å²) in [4.78, 5) is 51.7. The van der Waals surface area contributed by atoms with Crippen LogP contribution in [0.4, 0.5) is 4.79 Å². The van der Waals surface area contributed by atoms with E-state index in [9.17, 15) is 24.5 Å². The molecule has 37 heavy (non-hydrogen) atoms. The smallest absolute Gasteiger partial charge is 0.408 e. The van der Waals surface area contributed by atoms with Crippen molar-refractivity contribution in [3.8, 4) is 0 Å². The largest absolute Gasteiger partial charge is 0.459 e. The number of nitrogens with two attached hydrogens (primary N) is 1. The minimum absolute atomic E-state index is 0.00336. The van der Waals surface area contributed by atoms with Crippen molar-refractivity contribution in [2.45, 2.75) is 45.1 Å². The summed E-state index contributed by atoms with van der Waals surface area (Å²) in [5.74, 6) is -1.68. The summed E-state index contributed by atoms with van der Waals surface area (Å²) in [6.07, 6.45) is -0.501. The Kier molecular flexibility index (Phi) is 11.8. The van der Waals surface area contributed by atoms with Crippen LogP contribution >= 0.6 is 0 Å². The lowest BCUT2D eigenvalue weighted by Crippen LogP contribution is -2.51. The molecule has 2 atom stereocenters. The van der Waals surface area contributed by atoms with Gasteiger partial charge >= 0.3 is 12.1 Å². The molecule has 2 rings (SSSR count). The monoisotopic (exact) mass is 514 g/mol. The number of ether oxygens (including phenoxy) is 2. The lowest BCUT2D eigenvalue weighted by atomic mass is 10.1. The first-order chi connectivity index (χ1) is 17.7. The summed E-state index contributed by atoms with van der Waals surface area (Å²) >= 11 is 0. The topological polar surface area (TPSA) is 187 Å². The van der Waals surface area contributed by atoms with Crippen LogP contribution < -0.4 is 21.8 Å². The van der Waals surface area contributed by atoms with E-state index in [0.29, 0.717) is 0 Å². The number of hydrogen-bond donors (Lipinski definition) is 4. The fourth-order valence-corrected chi connectivity index (χ4v) is 3.03. The number of hydrogen-bond acceptors (Lipinski definition) is 8. The molecular formula is C24H30N6O7. The third kappa shape index (κ3) is 11.5. The van der Waals surface area contributed by atoms with Crippen molar-refractivity contribution >= 4 is 23.9 Å². The number of guanidine groups is 1. The van der Waals surface area contributed by atoms with Gasteiger partial charge in [-0.1, -0.05) is 66.1 Å². The molecule has 2 unspecified atom stereocenters. The third-order valence-electron chi connectivity index (χ3n) is 4.90. The Labute approximate surface area is 213 Å². The number of aliphatic imine (C=N–C) groups is 1. The van der Waals surface area contributed by atoms with Gasteiger partial charge in [-0.15, -0.1) is 0 Å². The molecule has 0 heterocycles. The van der Waals surface area contributed by atoms with Crippen LogP contribution in [0, 0.1) is 10.1 Å². The number of carbonyl (C=O) groups is 3. The number of benzene rings is 2. The first kappa shape index (κ1) is 28.6. The van der Waals surface area contributed by atoms with E-state index in [0.717, 1.165) is 11.1 Å². The van der Waals surface area contributed by atoms with Crippen LogP contribution in [0.5, 0.6) is 0 Å². The van der Waals surface area contributed by atoms with Crippen LogP contribution in [0.1, 0.15) is 30.9 Å². The zero-order chi connectivity index (χ0) is 27.0. The number of nitro groups is 1. The second-order valence-corrected chi connectivity index (χ2v) is 7.86. The van der Waals surface area contributed by atoms with Crippen LogP contribution in [-0.2, 0) is 32.3 Å². The molecule has 13 nitrogen and oxygen atoms in total. The van der Waals surface area contributed by atoms with E-state index in [4.69, 9.17) is 15.2 Å². The van der Waals surface area contributed by atoms with Crippen molar-refractivity contribution in [1.29, 1.82) is 0 Å². The highest BCUT2D eigenvalue weighted by Gasteiger charge is 2.25. The number of nitrogens with one attached hydrogen (secondary N) is 3. The highest BCUT2D eigenvalue weighted by atomic mass is 16.7. The van der Waals surface area contributed by atoms with E-state index in [1.54, 1.807) is 41.8 Å². The molecule has 0 saturated heterocycles. The number of nitrogens with zero attached hydrogens (tertiary/aromatic N) is 2. The minimum Gasteiger partial charge on any atom is -0.459 e. The average molecular weight is 515 g/mol. The maximum atomic E-state index is 12.9. The standard InChI is InChI=1S/C24H30N6O7/c1-17(22(32)36-15-18-9-4-2-5-10-18)27-21(31)20(13-8-14-26-23(25)29-30(34)35)28-24(33)37-16-19-11-6-3-7-12-19/h2-7,9-12,17,20H,8,13-16H2,1H3,(H,27,31)(H,28,33)(H3,25,26,29). The molecular weight excluding hydrogens is 484 g/mol. The lowest BCUT2D eigenvalue weighted by molar-refractivity contribution is -0.525. The molecule has 0 fully saturated rings. The van der Waals surface area contributed by atoms with E-state index in [-0.39, 0.29) is 32.6 Å². The SMILES string of the molecule is CC(NC(=O)C(CCCN=C(N)N[N+](=O)[O-])NC(=O)OCc1ccccc1)C(=O)OCc1ccccc1. The first-order valence-electron chi connectivity index (χ1n) is 11.4. The fraction of sp³-hybridized carbons (Fsp3) is 0.333. The van der Waals surface area contributed by atoms with Crippen LogP contribution in [0.2, 0.25) is 0 Å². The van der Waals surface area contributed by atoms with Crippen molar-refractivity contribution in [3.05, 3.63) is 81.9 Å². The predicted molar refractivity (Wildman–Crippen MR) is 133 cm³/mol. The van der Waals surface area contributed by atoms with Gasteiger partial charge in [-0.25, -0.2) is 24.7 Å². The molecule has 2 aromatic carbocycles. The van der Waals surface area contributed by atoms with Gasteiger partial charge in [0.2, 0.25) is 5.91 Å². The van der Waals surface area contributed by atoms with Gasteiger partial charge in [0.15, 0.2) is 5.03 Å². The zero-order valence-corrected chi connectivity index (χ0v) is 20.3. The summed E-state index contributed by atoms with van der Waals surface area (Å²) in [6, 6.07) is 16.0. The summed E-state index contributed by atoms with van der Waals surface area (Å²) in [7, 11) is 0. The van der Waals surface area contributed by atoms with E-state index in [2.05, 4.69) is 15.6 Å². The molecule has 0 saturated carbocycles. The van der Waals surface area contributed by atoms with Gasteiger partial charge in [-0.3, -0.25) is 4.79 Å². The van der Waals surface area contributed by atoms with Gasteiger partial charge < -0.3 is 25.8 Å². The summed E-state index contributed by atoms with van der Waals surface area (Å²) in [5.41, 5.74) is 8.64. The van der Waals surface area contributed by atoms with Gasteiger partial charge in [-0.2, -0.15) is 0 Å². The fourth-order valence-electron chi connectivity index (χ4n) is 3.03. The average Bonchev–Trinajstić information content (AvgIpc) is 2.88. The highest BCUT2D eigenvalue weighted by molar-refractivity contribution is 5.89. The normalized spacial score (nSPS) is 12.5. The van der Waals surface area contributed by atoms with Gasteiger partial charge in [0, 0.05) is 6.54 Å². The Bertz CT molecular complexity index is 1070. The number of carbonyl (C=O) groups excluding carboxylic acids is 3. The second kappa shape index (κ2) is 15.3. The number of esters is 1. The molecule has 2 amide bonds. The van der Waals surface area contributed by atoms with Crippen LogP contribution in [-0.4, -0.2) is 47.6 Å². The minimum atomic E-state index is -1.08. The van der Waals surface area contributed by atoms with E-state index in [1.807, 2.05) is 24.3 Å². The maximum Gasteiger partial charge on any atom is 0.408 e. The van der Waals surface area contributed by atoms with Gasteiger partial charge in [-0.05, 0) is 30.9 Å². The number of alkyl carbamates (subject to hydrolysis) is 1. The molecule has 5 N–H and O–H groups in total. The molecule has 2 aromatic rings. The first-order valence-corrected chi connectivity index (χ1v) is 11.4. The second-order valence-electron chi connectivity index (χ2n) is 7.86. The molecule has 0 bridgehead atoms. The Morgan fingerprint density at radius 1 is 0.973 bits per heavy atom. The van der Waals surface area contributed by atoms with E-state index < -0.39 is 41.0 Å². The summed E-state index contributed by atoms with van der Waals surface area (Å²) in [5, 5.41) is 14.5. The molecule has 0 aromatic heterocycles. The third-order valence-corrected chi connectivity index (χ3v) is 4.90. The predicted octanol–water partition coefficient (Wildman–Crippen LogP) is 1.41. The Morgan fingerprint density at radius 3 is 2.11 bits per heavy atom. The van der Waals surface area contributed by atoms with E-state index in [1.165, 1.54) is 6.92 Å². The van der Waals surface area contributed by atoms with Crippen LogP contribution in [0.25, 0.3) is 0 Å². The van der Waals surface area contributed by atoms with E-state index >= 15 is 0 Å². The van der Waals surface area contributed by atoms with Gasteiger partial charge in [0.1, 0.15) is 25.3 Å². The van der Waals surface area contributed by atoms with Crippen molar-refractivity contribution < 1.29 is 28.9 Å². The quantitative estimate of drug-likeness (QED) is 0.0765. The zero-order valence-electron chi connectivity index (χ0n) is 20.3. The molecule has 0 aliphatic carbocycles. The number of rotatable bonds is 13. The Morgan fingerprint density at radius 2 is 1.54 bits per heavy atom. The lowest BCUT2D eigenvalue weighted by Gasteiger charge is -2.20. The van der Waals surface area contributed by atoms with Crippen molar-refractivity contribution in [2.24, 2.45) is 10.7 Å². The number of hydrazine groups is 1. The molecule has 0 spiro atoms. The molecule has 0 aliphatic rings. The Hall–Kier alpha value is -4.68. The Balaban J connectivity index is 1.93. The van der Waals surface area contributed by atoms with Gasteiger partial charge in [0.05, 0.1) is 0 Å². The van der Waals surface area contributed by atoms with Crippen molar-refractivity contribution in [1.82, 2.24) is 16.1 Å². The molecule has 198 valence electrons. The maximum absolute atomic E-state index is 12.9. The summed E-state index contributed by atoms with van der Waals surface area (Å²) in [6.45, 7) is 1.55. The highest BCUT2D eigenvalue weighted by Crippen LogP contribution is 2.05.